The van der Waals surface area contributed by atoms with Crippen LogP contribution in [0.25, 0.3) is 0 Å². The molecule has 116 valence electrons. The monoisotopic (exact) mass is 297 g/mol. The predicted molar refractivity (Wildman–Crippen MR) is 90.2 cm³/mol. The number of carbonyl (C=O) groups is 1. The number of rotatable bonds is 6. The van der Waals surface area contributed by atoms with Gasteiger partial charge in [-0.25, -0.2) is 4.79 Å². The molecule has 0 spiro atoms. The highest BCUT2D eigenvalue weighted by molar-refractivity contribution is 5.90. The molecule has 0 aromatic heterocycles. The summed E-state index contributed by atoms with van der Waals surface area (Å²) in [5, 5.41) is 0. The Morgan fingerprint density at radius 3 is 2.55 bits per heavy atom. The Hall–Kier alpha value is -2.39. The van der Waals surface area contributed by atoms with Gasteiger partial charge in [-0.3, -0.25) is 0 Å². The Morgan fingerprint density at radius 1 is 1.18 bits per heavy atom. The van der Waals surface area contributed by atoms with Crippen molar-refractivity contribution in [3.8, 4) is 23.7 Å². The standard InChI is InChI=1S/C19H23NO2/c1-3-5-6-7-8-9-10-11-12-16-13-14-17(15-18(16)20)19(21)22-4-2/h13-15H,3-6,11-12,20H2,1-2H3. The highest BCUT2D eigenvalue weighted by Crippen LogP contribution is 2.16. The van der Waals surface area contributed by atoms with Crippen molar-refractivity contribution >= 4 is 11.7 Å². The van der Waals surface area contributed by atoms with Gasteiger partial charge in [-0.2, -0.15) is 0 Å². The van der Waals surface area contributed by atoms with Crippen molar-refractivity contribution < 1.29 is 9.53 Å². The Bertz CT molecular complexity index is 612. The van der Waals surface area contributed by atoms with Crippen molar-refractivity contribution in [2.45, 2.75) is 46.0 Å². The van der Waals surface area contributed by atoms with Gasteiger partial charge in [-0.1, -0.05) is 31.3 Å². The summed E-state index contributed by atoms with van der Waals surface area (Å²) in [6.07, 6.45) is 4.64. The van der Waals surface area contributed by atoms with Gasteiger partial charge in [0.15, 0.2) is 0 Å². The lowest BCUT2D eigenvalue weighted by molar-refractivity contribution is 0.0526. The molecule has 0 aliphatic heterocycles. The van der Waals surface area contributed by atoms with Crippen LogP contribution in [0.2, 0.25) is 0 Å². The molecular formula is C19H23NO2. The quantitative estimate of drug-likeness (QED) is 0.378. The van der Waals surface area contributed by atoms with Gasteiger partial charge in [0.05, 0.1) is 12.2 Å². The molecule has 2 N–H and O–H groups in total. The first-order valence-corrected chi connectivity index (χ1v) is 7.70. The zero-order valence-corrected chi connectivity index (χ0v) is 13.4. The second-order valence-corrected chi connectivity index (χ2v) is 4.84. The zero-order chi connectivity index (χ0) is 16.2. The van der Waals surface area contributed by atoms with Crippen LogP contribution in [0.5, 0.6) is 0 Å². The molecule has 22 heavy (non-hydrogen) atoms. The number of ether oxygens (including phenoxy) is 1. The Balaban J connectivity index is 2.51. The first-order valence-electron chi connectivity index (χ1n) is 7.70. The van der Waals surface area contributed by atoms with Crippen LogP contribution in [0.4, 0.5) is 5.69 Å². The maximum atomic E-state index is 11.6. The molecule has 0 aliphatic carbocycles. The minimum atomic E-state index is -0.345. The van der Waals surface area contributed by atoms with Gasteiger partial charge in [-0.05, 0) is 49.3 Å². The summed E-state index contributed by atoms with van der Waals surface area (Å²) in [7, 11) is 0. The van der Waals surface area contributed by atoms with E-state index in [-0.39, 0.29) is 5.97 Å². The van der Waals surface area contributed by atoms with E-state index < -0.39 is 0 Å². The molecule has 0 atom stereocenters. The number of benzene rings is 1. The largest absolute Gasteiger partial charge is 0.462 e. The first kappa shape index (κ1) is 17.7. The van der Waals surface area contributed by atoms with E-state index in [1.807, 2.05) is 6.07 Å². The number of hydrogen-bond acceptors (Lipinski definition) is 3. The van der Waals surface area contributed by atoms with E-state index in [9.17, 15) is 4.79 Å². The molecule has 0 bridgehead atoms. The molecule has 3 nitrogen and oxygen atoms in total. The van der Waals surface area contributed by atoms with Crippen LogP contribution in [0.15, 0.2) is 18.2 Å². The Morgan fingerprint density at radius 2 is 1.91 bits per heavy atom. The molecule has 1 aromatic carbocycles. The van der Waals surface area contributed by atoms with Gasteiger partial charge >= 0.3 is 5.97 Å². The Labute approximate surface area is 133 Å². The minimum absolute atomic E-state index is 0.345. The first-order chi connectivity index (χ1) is 10.7. The fourth-order valence-corrected chi connectivity index (χ4v) is 1.84. The summed E-state index contributed by atoms with van der Waals surface area (Å²) in [4.78, 5) is 11.6. The smallest absolute Gasteiger partial charge is 0.338 e. The molecule has 1 aromatic rings. The van der Waals surface area contributed by atoms with Crippen LogP contribution < -0.4 is 5.73 Å². The molecule has 0 saturated carbocycles. The molecule has 1 rings (SSSR count). The third kappa shape index (κ3) is 6.37. The van der Waals surface area contributed by atoms with Crippen molar-refractivity contribution in [1.82, 2.24) is 0 Å². The number of anilines is 1. The lowest BCUT2D eigenvalue weighted by Gasteiger charge is -2.06. The molecule has 0 heterocycles. The number of carbonyl (C=O) groups excluding carboxylic acids is 1. The van der Waals surface area contributed by atoms with Crippen molar-refractivity contribution in [3.05, 3.63) is 29.3 Å². The van der Waals surface area contributed by atoms with E-state index in [1.165, 1.54) is 0 Å². The fourth-order valence-electron chi connectivity index (χ4n) is 1.84. The van der Waals surface area contributed by atoms with Crippen LogP contribution in [0.1, 0.15) is 55.5 Å². The zero-order valence-electron chi connectivity index (χ0n) is 13.4. The van der Waals surface area contributed by atoms with Crippen molar-refractivity contribution in [2.24, 2.45) is 0 Å². The number of aryl methyl sites for hydroxylation is 1. The number of nitrogens with two attached hydrogens (primary N) is 1. The van der Waals surface area contributed by atoms with Gasteiger partial charge in [-0.15, -0.1) is 0 Å². The van der Waals surface area contributed by atoms with Gasteiger partial charge < -0.3 is 10.5 Å². The van der Waals surface area contributed by atoms with Crippen LogP contribution >= 0.6 is 0 Å². The van der Waals surface area contributed by atoms with E-state index in [2.05, 4.69) is 30.6 Å². The molecule has 0 amide bonds. The van der Waals surface area contributed by atoms with Crippen LogP contribution in [0.3, 0.4) is 0 Å². The average molecular weight is 297 g/mol. The molecule has 0 aliphatic rings. The minimum Gasteiger partial charge on any atom is -0.462 e. The van der Waals surface area contributed by atoms with Gasteiger partial charge in [0.1, 0.15) is 0 Å². The van der Waals surface area contributed by atoms with Crippen LogP contribution in [-0.4, -0.2) is 12.6 Å². The molecule has 0 radical (unpaired) electrons. The summed E-state index contributed by atoms with van der Waals surface area (Å²) < 4.78 is 4.94. The maximum absolute atomic E-state index is 11.6. The number of nitrogen functional groups attached to an aromatic ring is 1. The summed E-state index contributed by atoms with van der Waals surface area (Å²) in [6.45, 7) is 4.28. The van der Waals surface area contributed by atoms with Crippen molar-refractivity contribution in [2.75, 3.05) is 12.3 Å². The SMILES string of the molecule is CCCCC#CC#CCCc1ccc(C(=O)OCC)cc1N. The molecule has 3 heteroatoms. The van der Waals surface area contributed by atoms with Crippen LogP contribution in [-0.2, 0) is 11.2 Å². The number of unbranched alkanes of at least 4 members (excludes halogenated alkanes) is 2. The highest BCUT2D eigenvalue weighted by atomic mass is 16.5. The van der Waals surface area contributed by atoms with E-state index in [0.717, 1.165) is 31.2 Å². The average Bonchev–Trinajstić information content (AvgIpc) is 2.51. The summed E-state index contributed by atoms with van der Waals surface area (Å²) >= 11 is 0. The van der Waals surface area contributed by atoms with E-state index in [4.69, 9.17) is 10.5 Å². The molecule has 0 unspecified atom stereocenters. The summed E-state index contributed by atoms with van der Waals surface area (Å²) in [5.74, 6) is 11.4. The van der Waals surface area contributed by atoms with Crippen LogP contribution in [0, 0.1) is 23.7 Å². The summed E-state index contributed by atoms with van der Waals surface area (Å²) in [6, 6.07) is 5.25. The van der Waals surface area contributed by atoms with Gasteiger partial charge in [0.2, 0.25) is 0 Å². The molecule has 0 fully saturated rings. The number of esters is 1. The third-order valence-electron chi connectivity index (χ3n) is 3.07. The van der Waals surface area contributed by atoms with E-state index >= 15 is 0 Å². The van der Waals surface area contributed by atoms with Gasteiger partial charge in [0, 0.05) is 18.5 Å². The number of hydrogen-bond donors (Lipinski definition) is 1. The topological polar surface area (TPSA) is 52.3 Å². The fraction of sp³-hybridized carbons (Fsp3) is 0.421. The third-order valence-corrected chi connectivity index (χ3v) is 3.07. The lowest BCUT2D eigenvalue weighted by atomic mass is 10.0. The second-order valence-electron chi connectivity index (χ2n) is 4.84. The molecule has 0 saturated heterocycles. The predicted octanol–water partition coefficient (Wildman–Crippen LogP) is 3.58. The van der Waals surface area contributed by atoms with Crippen molar-refractivity contribution in [3.63, 3.8) is 0 Å². The summed E-state index contributed by atoms with van der Waals surface area (Å²) in [5.41, 5.74) is 8.04. The highest BCUT2D eigenvalue weighted by Gasteiger charge is 2.08. The normalized spacial score (nSPS) is 9.18. The maximum Gasteiger partial charge on any atom is 0.338 e. The van der Waals surface area contributed by atoms with Crippen molar-refractivity contribution in [1.29, 1.82) is 0 Å². The van der Waals surface area contributed by atoms with E-state index in [1.54, 1.807) is 19.1 Å². The van der Waals surface area contributed by atoms with Gasteiger partial charge in [0.25, 0.3) is 0 Å². The Kier molecular flexibility index (Phi) is 8.31. The lowest BCUT2D eigenvalue weighted by Crippen LogP contribution is -2.06. The molecular weight excluding hydrogens is 274 g/mol. The van der Waals surface area contributed by atoms with E-state index in [0.29, 0.717) is 24.3 Å². The second kappa shape index (κ2) is 10.4.